The highest BCUT2D eigenvalue weighted by atomic mass is 15.3. The molecule has 0 amide bonds. The Hall–Kier alpha value is -3.33. The number of hydrogen-bond donors (Lipinski definition) is 3. The third-order valence-electron chi connectivity index (χ3n) is 3.71. The molecule has 0 unspecified atom stereocenters. The van der Waals surface area contributed by atoms with Crippen molar-refractivity contribution in [1.82, 2.24) is 0 Å². The van der Waals surface area contributed by atoms with Gasteiger partial charge in [-0.1, -0.05) is 30.3 Å². The van der Waals surface area contributed by atoms with Crippen LogP contribution in [0.15, 0.2) is 53.6 Å². The van der Waals surface area contributed by atoms with Gasteiger partial charge in [0.05, 0.1) is 5.69 Å². The molecule has 6 nitrogen and oxygen atoms in total. The van der Waals surface area contributed by atoms with Gasteiger partial charge in [-0.25, -0.2) is 0 Å². The first-order chi connectivity index (χ1) is 11.2. The average Bonchev–Trinajstić information content (AvgIpc) is 2.99. The fourth-order valence-corrected chi connectivity index (χ4v) is 2.55. The molecular weight excluding hydrogens is 288 g/mol. The number of nitrogens with two attached hydrogens (primary N) is 1. The molecule has 2 aromatic rings. The van der Waals surface area contributed by atoms with Crippen LogP contribution in [0.5, 0.6) is 0 Å². The van der Waals surface area contributed by atoms with Crippen molar-refractivity contribution in [2.24, 2.45) is 10.8 Å². The first-order valence-corrected chi connectivity index (χ1v) is 7.17. The molecular formula is C17H16N6. The van der Waals surface area contributed by atoms with E-state index in [9.17, 15) is 0 Å². The van der Waals surface area contributed by atoms with Crippen molar-refractivity contribution in [1.29, 1.82) is 10.7 Å². The van der Waals surface area contributed by atoms with E-state index < -0.39 is 0 Å². The number of hydrogen-bond acceptors (Lipinski definition) is 5. The Bertz CT molecular complexity index is 793. The molecule has 0 radical (unpaired) electrons. The number of nitrogens with zero attached hydrogens (tertiary/aromatic N) is 3. The normalized spacial score (nSPS) is 13.3. The summed E-state index contributed by atoms with van der Waals surface area (Å²) in [7, 11) is 0. The molecule has 0 fully saturated rings. The number of benzene rings is 2. The monoisotopic (exact) mass is 304 g/mol. The highest BCUT2D eigenvalue weighted by Crippen LogP contribution is 2.29. The number of hydrazone groups is 1. The number of rotatable bonds is 4. The molecule has 1 aliphatic rings. The summed E-state index contributed by atoms with van der Waals surface area (Å²) < 4.78 is 0. The largest absolute Gasteiger partial charge is 0.382 e. The van der Waals surface area contributed by atoms with Crippen molar-refractivity contribution in [3.8, 4) is 6.07 Å². The molecule has 1 aliphatic heterocycles. The summed E-state index contributed by atoms with van der Waals surface area (Å²) in [5.74, 6) is -0.355. The molecule has 0 saturated carbocycles. The van der Waals surface area contributed by atoms with Gasteiger partial charge in [0, 0.05) is 18.8 Å². The Morgan fingerprint density at radius 3 is 2.48 bits per heavy atom. The van der Waals surface area contributed by atoms with E-state index in [0.29, 0.717) is 0 Å². The number of nitriles is 1. The molecule has 0 bridgehead atoms. The second-order valence-corrected chi connectivity index (χ2v) is 5.27. The topological polar surface area (TPSA) is 101 Å². The van der Waals surface area contributed by atoms with Crippen LogP contribution in [0.25, 0.3) is 0 Å². The van der Waals surface area contributed by atoms with Gasteiger partial charge in [-0.3, -0.25) is 10.8 Å². The minimum atomic E-state index is -0.355. The second-order valence-electron chi connectivity index (χ2n) is 5.27. The van der Waals surface area contributed by atoms with Crippen molar-refractivity contribution in [3.05, 3.63) is 59.7 Å². The van der Waals surface area contributed by atoms with Crippen molar-refractivity contribution in [2.75, 3.05) is 10.3 Å². The van der Waals surface area contributed by atoms with Gasteiger partial charge in [0.2, 0.25) is 5.71 Å². The van der Waals surface area contributed by atoms with Crippen LogP contribution in [0, 0.1) is 16.7 Å². The van der Waals surface area contributed by atoms with E-state index in [2.05, 4.69) is 39.7 Å². The minimum absolute atomic E-state index is 0.135. The van der Waals surface area contributed by atoms with E-state index in [1.165, 1.54) is 11.1 Å². The zero-order chi connectivity index (χ0) is 16.2. The molecule has 3 rings (SSSR count). The van der Waals surface area contributed by atoms with Crippen LogP contribution in [0.4, 0.5) is 11.4 Å². The maximum Gasteiger partial charge on any atom is 0.201 e. The van der Waals surface area contributed by atoms with E-state index in [4.69, 9.17) is 16.4 Å². The number of nitrogens with one attached hydrogen (secondary N) is 2. The van der Waals surface area contributed by atoms with Gasteiger partial charge >= 0.3 is 0 Å². The third kappa shape index (κ3) is 3.14. The van der Waals surface area contributed by atoms with Crippen LogP contribution in [0.2, 0.25) is 0 Å². The lowest BCUT2D eigenvalue weighted by Crippen LogP contribution is -2.21. The van der Waals surface area contributed by atoms with Crippen molar-refractivity contribution in [3.63, 3.8) is 0 Å². The quantitative estimate of drug-likeness (QED) is 0.458. The molecule has 6 heteroatoms. The second kappa shape index (κ2) is 6.20. The first kappa shape index (κ1) is 14.6. The van der Waals surface area contributed by atoms with Crippen LogP contribution >= 0.6 is 0 Å². The van der Waals surface area contributed by atoms with E-state index in [-0.39, 0.29) is 11.5 Å². The van der Waals surface area contributed by atoms with Crippen LogP contribution in [0.3, 0.4) is 0 Å². The van der Waals surface area contributed by atoms with Gasteiger partial charge < -0.3 is 10.6 Å². The summed E-state index contributed by atoms with van der Waals surface area (Å²) >= 11 is 0. The lowest BCUT2D eigenvalue weighted by atomic mass is 10.1. The maximum absolute atomic E-state index is 8.85. The van der Waals surface area contributed by atoms with Crippen LogP contribution in [-0.2, 0) is 13.1 Å². The Kier molecular flexibility index (Phi) is 3.93. The number of amidine groups is 1. The van der Waals surface area contributed by atoms with E-state index in [1.807, 2.05) is 24.3 Å². The average molecular weight is 304 g/mol. The Morgan fingerprint density at radius 1 is 1.17 bits per heavy atom. The van der Waals surface area contributed by atoms with Gasteiger partial charge in [0.15, 0.2) is 5.84 Å². The van der Waals surface area contributed by atoms with Crippen LogP contribution < -0.4 is 16.1 Å². The lowest BCUT2D eigenvalue weighted by Gasteiger charge is -2.18. The summed E-state index contributed by atoms with van der Waals surface area (Å²) in [4.78, 5) is 2.27. The van der Waals surface area contributed by atoms with Gasteiger partial charge in [-0.2, -0.15) is 10.4 Å². The molecule has 2 aromatic carbocycles. The van der Waals surface area contributed by atoms with E-state index in [1.54, 1.807) is 6.07 Å². The first-order valence-electron chi connectivity index (χ1n) is 7.17. The summed E-state index contributed by atoms with van der Waals surface area (Å²) in [5.41, 5.74) is 12.4. The lowest BCUT2D eigenvalue weighted by molar-refractivity contribution is 0.880. The van der Waals surface area contributed by atoms with Crippen molar-refractivity contribution >= 4 is 22.9 Å². The van der Waals surface area contributed by atoms with E-state index in [0.717, 1.165) is 24.5 Å². The summed E-state index contributed by atoms with van der Waals surface area (Å²) in [6.07, 6.45) is 0. The SMILES string of the molecule is N#C/C(=N\Nc1cccc(N2Cc3ccccc3C2)c1)C(=N)N. The molecule has 0 aromatic heterocycles. The van der Waals surface area contributed by atoms with Gasteiger partial charge in [-0.15, -0.1) is 0 Å². The molecule has 0 spiro atoms. The fourth-order valence-electron chi connectivity index (χ4n) is 2.55. The fraction of sp³-hybridized carbons (Fsp3) is 0.118. The van der Waals surface area contributed by atoms with Gasteiger partial charge in [0.25, 0.3) is 0 Å². The highest BCUT2D eigenvalue weighted by molar-refractivity contribution is 6.45. The zero-order valence-electron chi connectivity index (χ0n) is 12.5. The smallest absolute Gasteiger partial charge is 0.201 e. The summed E-state index contributed by atoms with van der Waals surface area (Å²) in [6.45, 7) is 1.75. The molecule has 0 atom stereocenters. The minimum Gasteiger partial charge on any atom is -0.382 e. The summed E-state index contributed by atoms with van der Waals surface area (Å²) in [6, 6.07) is 18.0. The van der Waals surface area contributed by atoms with Crippen molar-refractivity contribution < 1.29 is 0 Å². The molecule has 4 N–H and O–H groups in total. The molecule has 0 saturated heterocycles. The predicted octanol–water partition coefficient (Wildman–Crippen LogP) is 2.43. The van der Waals surface area contributed by atoms with Crippen molar-refractivity contribution in [2.45, 2.75) is 13.1 Å². The maximum atomic E-state index is 8.85. The Labute approximate surface area is 134 Å². The molecule has 0 aliphatic carbocycles. The highest BCUT2D eigenvalue weighted by Gasteiger charge is 2.18. The molecule has 114 valence electrons. The predicted molar refractivity (Wildman–Crippen MR) is 91.4 cm³/mol. The number of anilines is 2. The summed E-state index contributed by atoms with van der Waals surface area (Å²) in [5, 5.41) is 20.0. The Morgan fingerprint density at radius 2 is 1.87 bits per heavy atom. The Balaban J connectivity index is 1.77. The molecule has 23 heavy (non-hydrogen) atoms. The van der Waals surface area contributed by atoms with Gasteiger partial charge in [0.1, 0.15) is 6.07 Å². The zero-order valence-corrected chi connectivity index (χ0v) is 12.5. The standard InChI is InChI=1S/C17H16N6/c18-9-16(17(19)20)22-21-14-6-3-7-15(8-14)23-10-12-4-1-2-5-13(12)11-23/h1-8,21H,10-11H2,(H3,19,20)/b22-16+. The van der Waals surface area contributed by atoms with Gasteiger partial charge in [-0.05, 0) is 29.3 Å². The number of fused-ring (bicyclic) bond motifs is 1. The van der Waals surface area contributed by atoms with Crippen LogP contribution in [0.1, 0.15) is 11.1 Å². The molecule has 1 heterocycles. The van der Waals surface area contributed by atoms with Crippen LogP contribution in [-0.4, -0.2) is 11.5 Å². The third-order valence-corrected chi connectivity index (χ3v) is 3.71. The van der Waals surface area contributed by atoms with E-state index >= 15 is 0 Å².